The van der Waals surface area contributed by atoms with E-state index in [2.05, 4.69) is 20.5 Å². The second-order valence-electron chi connectivity index (χ2n) is 5.52. The number of imidazole rings is 1. The molecular weight excluding hydrogens is 264 g/mol. The van der Waals surface area contributed by atoms with Crippen LogP contribution in [0.15, 0.2) is 18.2 Å². The van der Waals surface area contributed by atoms with Crippen molar-refractivity contribution >= 4 is 11.0 Å². The van der Waals surface area contributed by atoms with E-state index in [0.717, 1.165) is 35.7 Å². The van der Waals surface area contributed by atoms with Crippen LogP contribution in [-0.4, -0.2) is 40.7 Å². The second kappa shape index (κ2) is 6.45. The van der Waals surface area contributed by atoms with Crippen molar-refractivity contribution in [3.63, 3.8) is 0 Å². The zero-order valence-corrected chi connectivity index (χ0v) is 12.7. The molecule has 0 unspecified atom stereocenters. The van der Waals surface area contributed by atoms with Crippen LogP contribution in [-0.2, 0) is 13.1 Å². The van der Waals surface area contributed by atoms with Crippen molar-refractivity contribution < 1.29 is 4.74 Å². The van der Waals surface area contributed by atoms with Crippen molar-refractivity contribution in [2.24, 2.45) is 5.73 Å². The Hall–Kier alpha value is -1.59. The van der Waals surface area contributed by atoms with Crippen molar-refractivity contribution in [1.29, 1.82) is 0 Å². The van der Waals surface area contributed by atoms with Crippen LogP contribution in [0.4, 0.5) is 0 Å². The molecule has 1 aliphatic heterocycles. The minimum absolute atomic E-state index is 0.471. The molecule has 0 aliphatic carbocycles. The summed E-state index contributed by atoms with van der Waals surface area (Å²) in [5.74, 6) is 1.83. The molecule has 0 atom stereocenters. The van der Waals surface area contributed by atoms with E-state index < -0.39 is 0 Å². The van der Waals surface area contributed by atoms with Crippen LogP contribution in [0.2, 0.25) is 0 Å². The minimum Gasteiger partial charge on any atom is -0.494 e. The Morgan fingerprint density at radius 1 is 1.24 bits per heavy atom. The van der Waals surface area contributed by atoms with E-state index in [9.17, 15) is 0 Å². The van der Waals surface area contributed by atoms with E-state index in [1.165, 1.54) is 25.9 Å². The third-order valence-corrected chi connectivity index (χ3v) is 4.13. The van der Waals surface area contributed by atoms with Gasteiger partial charge in [-0.3, -0.25) is 0 Å². The highest BCUT2D eigenvalue weighted by Gasteiger charge is 2.14. The van der Waals surface area contributed by atoms with Crippen molar-refractivity contribution in [3.05, 3.63) is 24.0 Å². The van der Waals surface area contributed by atoms with Gasteiger partial charge in [0.25, 0.3) is 0 Å². The minimum atomic E-state index is 0.471. The van der Waals surface area contributed by atoms with Crippen LogP contribution in [0.5, 0.6) is 5.75 Å². The van der Waals surface area contributed by atoms with E-state index >= 15 is 0 Å². The fourth-order valence-corrected chi connectivity index (χ4v) is 3.07. The first-order valence-electron chi connectivity index (χ1n) is 7.86. The van der Waals surface area contributed by atoms with Crippen LogP contribution in [0.25, 0.3) is 11.0 Å². The Morgan fingerprint density at radius 3 is 2.76 bits per heavy atom. The molecule has 3 rings (SSSR count). The maximum atomic E-state index is 5.87. The van der Waals surface area contributed by atoms with Crippen LogP contribution in [0.1, 0.15) is 25.6 Å². The standard InChI is InChI=1S/C16H24N4O/c1-2-21-13-5-6-15-14(11-13)18-16(12-17)20(15)10-9-19-7-3-4-8-19/h5-6,11H,2-4,7-10,12,17H2,1H3. The normalized spacial score (nSPS) is 15.9. The predicted octanol–water partition coefficient (Wildman–Crippen LogP) is 1.99. The molecule has 1 aromatic heterocycles. The summed E-state index contributed by atoms with van der Waals surface area (Å²) in [6.07, 6.45) is 2.65. The van der Waals surface area contributed by atoms with Gasteiger partial charge in [-0.2, -0.15) is 0 Å². The van der Waals surface area contributed by atoms with Crippen molar-refractivity contribution in [1.82, 2.24) is 14.5 Å². The molecule has 114 valence electrons. The molecule has 5 nitrogen and oxygen atoms in total. The highest BCUT2D eigenvalue weighted by molar-refractivity contribution is 5.77. The van der Waals surface area contributed by atoms with Crippen LogP contribution in [0.3, 0.4) is 0 Å². The van der Waals surface area contributed by atoms with E-state index in [1.54, 1.807) is 0 Å². The van der Waals surface area contributed by atoms with Gasteiger partial charge in [0.1, 0.15) is 11.6 Å². The van der Waals surface area contributed by atoms with E-state index in [0.29, 0.717) is 13.2 Å². The third-order valence-electron chi connectivity index (χ3n) is 4.13. The molecule has 0 radical (unpaired) electrons. The van der Waals surface area contributed by atoms with Gasteiger partial charge in [-0.1, -0.05) is 0 Å². The zero-order chi connectivity index (χ0) is 14.7. The molecule has 0 spiro atoms. The highest BCUT2D eigenvalue weighted by atomic mass is 16.5. The number of nitrogens with zero attached hydrogens (tertiary/aromatic N) is 3. The van der Waals surface area contributed by atoms with Crippen molar-refractivity contribution in [2.45, 2.75) is 32.9 Å². The average molecular weight is 288 g/mol. The number of fused-ring (bicyclic) bond motifs is 1. The molecule has 2 N–H and O–H groups in total. The number of ether oxygens (including phenoxy) is 1. The molecule has 1 fully saturated rings. The smallest absolute Gasteiger partial charge is 0.123 e. The third kappa shape index (κ3) is 3.04. The van der Waals surface area contributed by atoms with Gasteiger partial charge in [0.15, 0.2) is 0 Å². The van der Waals surface area contributed by atoms with Gasteiger partial charge in [-0.15, -0.1) is 0 Å². The molecule has 2 heterocycles. The van der Waals surface area contributed by atoms with Crippen LogP contribution >= 0.6 is 0 Å². The lowest BCUT2D eigenvalue weighted by molar-refractivity contribution is 0.322. The largest absolute Gasteiger partial charge is 0.494 e. The van der Waals surface area contributed by atoms with Crippen molar-refractivity contribution in [2.75, 3.05) is 26.2 Å². The summed E-state index contributed by atoms with van der Waals surface area (Å²) >= 11 is 0. The number of likely N-dealkylation sites (tertiary alicyclic amines) is 1. The summed E-state index contributed by atoms with van der Waals surface area (Å²) in [4.78, 5) is 7.17. The van der Waals surface area contributed by atoms with Gasteiger partial charge >= 0.3 is 0 Å². The molecule has 0 amide bonds. The van der Waals surface area contributed by atoms with E-state index in [4.69, 9.17) is 10.5 Å². The maximum absolute atomic E-state index is 5.87. The Labute approximate surface area is 125 Å². The summed E-state index contributed by atoms with van der Waals surface area (Å²) in [6.45, 7) is 7.61. The van der Waals surface area contributed by atoms with Crippen molar-refractivity contribution in [3.8, 4) is 5.75 Å². The van der Waals surface area contributed by atoms with Gasteiger partial charge in [0.05, 0.1) is 24.2 Å². The van der Waals surface area contributed by atoms with Crippen LogP contribution in [0, 0.1) is 0 Å². The molecule has 1 aromatic carbocycles. The first kappa shape index (κ1) is 14.4. The van der Waals surface area contributed by atoms with Gasteiger partial charge in [-0.25, -0.2) is 4.98 Å². The van der Waals surface area contributed by atoms with Gasteiger partial charge in [0, 0.05) is 19.2 Å². The first-order valence-corrected chi connectivity index (χ1v) is 7.86. The Balaban J connectivity index is 1.84. The molecule has 1 saturated heterocycles. The SMILES string of the molecule is CCOc1ccc2c(c1)nc(CN)n2CCN1CCCC1. The molecule has 2 aromatic rings. The lowest BCUT2D eigenvalue weighted by atomic mass is 10.3. The van der Waals surface area contributed by atoms with Crippen LogP contribution < -0.4 is 10.5 Å². The number of rotatable bonds is 6. The fourth-order valence-electron chi connectivity index (χ4n) is 3.07. The number of nitrogens with two attached hydrogens (primary N) is 1. The predicted molar refractivity (Wildman–Crippen MR) is 84.5 cm³/mol. The zero-order valence-electron chi connectivity index (χ0n) is 12.7. The van der Waals surface area contributed by atoms with Gasteiger partial charge in [-0.05, 0) is 45.0 Å². The number of hydrogen-bond donors (Lipinski definition) is 1. The van der Waals surface area contributed by atoms with Gasteiger partial charge < -0.3 is 19.9 Å². The maximum Gasteiger partial charge on any atom is 0.123 e. The number of hydrogen-bond acceptors (Lipinski definition) is 4. The first-order chi connectivity index (χ1) is 10.3. The lowest BCUT2D eigenvalue weighted by Crippen LogP contribution is -2.25. The fraction of sp³-hybridized carbons (Fsp3) is 0.562. The summed E-state index contributed by atoms with van der Waals surface area (Å²) < 4.78 is 7.80. The topological polar surface area (TPSA) is 56.3 Å². The Kier molecular flexibility index (Phi) is 4.41. The number of aromatic nitrogens is 2. The molecule has 5 heteroatoms. The lowest BCUT2D eigenvalue weighted by Gasteiger charge is -2.16. The average Bonchev–Trinajstić information content (AvgIpc) is 3.12. The Morgan fingerprint density at radius 2 is 2.05 bits per heavy atom. The molecular formula is C16H24N4O. The second-order valence-corrected chi connectivity index (χ2v) is 5.52. The highest BCUT2D eigenvalue weighted by Crippen LogP contribution is 2.22. The quantitative estimate of drug-likeness (QED) is 0.883. The Bertz CT molecular complexity index is 602. The summed E-state index contributed by atoms with van der Waals surface area (Å²) in [5, 5.41) is 0. The molecule has 0 bridgehead atoms. The van der Waals surface area contributed by atoms with E-state index in [-0.39, 0.29) is 0 Å². The number of benzene rings is 1. The summed E-state index contributed by atoms with van der Waals surface area (Å²) in [5.41, 5.74) is 7.99. The monoisotopic (exact) mass is 288 g/mol. The van der Waals surface area contributed by atoms with E-state index in [1.807, 2.05) is 19.1 Å². The molecule has 0 saturated carbocycles. The molecule has 21 heavy (non-hydrogen) atoms. The molecule has 1 aliphatic rings. The van der Waals surface area contributed by atoms with Gasteiger partial charge in [0.2, 0.25) is 0 Å². The summed E-state index contributed by atoms with van der Waals surface area (Å²) in [7, 11) is 0. The summed E-state index contributed by atoms with van der Waals surface area (Å²) in [6, 6.07) is 6.11.